The van der Waals surface area contributed by atoms with Crippen LogP contribution < -0.4 is 19.5 Å². The maximum Gasteiger partial charge on any atom is 0.263 e. The molecule has 1 heterocycles. The summed E-state index contributed by atoms with van der Waals surface area (Å²) < 4.78 is 39.6. The molecule has 0 bridgehead atoms. The lowest BCUT2D eigenvalue weighted by Gasteiger charge is -2.14. The number of hydrogen-bond acceptors (Lipinski definition) is 7. The largest absolute Gasteiger partial charge is 0.497 e. The maximum atomic E-state index is 13.2. The Morgan fingerprint density at radius 2 is 1.52 bits per heavy atom. The van der Waals surface area contributed by atoms with E-state index in [0.29, 0.717) is 45.9 Å². The van der Waals surface area contributed by atoms with Crippen LogP contribution in [0.3, 0.4) is 0 Å². The molecule has 0 fully saturated rings. The highest BCUT2D eigenvalue weighted by molar-refractivity contribution is 7.92. The Morgan fingerprint density at radius 3 is 2.15 bits per heavy atom. The maximum absolute atomic E-state index is 13.2. The van der Waals surface area contributed by atoms with Crippen LogP contribution in [-0.2, 0) is 14.8 Å². The molecule has 0 aliphatic rings. The van der Waals surface area contributed by atoms with E-state index in [1.165, 1.54) is 32.4 Å². The van der Waals surface area contributed by atoms with Crippen molar-refractivity contribution in [2.45, 2.75) is 4.90 Å². The van der Waals surface area contributed by atoms with Gasteiger partial charge in [-0.15, -0.1) is 0 Å². The van der Waals surface area contributed by atoms with Gasteiger partial charge < -0.3 is 14.8 Å². The van der Waals surface area contributed by atoms with Crippen molar-refractivity contribution in [3.8, 4) is 22.8 Å². The Labute approximate surface area is 190 Å². The van der Waals surface area contributed by atoms with E-state index in [-0.39, 0.29) is 10.7 Å². The topological polar surface area (TPSA) is 120 Å². The number of rotatable bonds is 8. The molecule has 0 aliphatic carbocycles. The molecule has 1 amide bonds. The van der Waals surface area contributed by atoms with Gasteiger partial charge in [-0.1, -0.05) is 18.2 Å². The average Bonchev–Trinajstić information content (AvgIpc) is 2.83. The molecule has 10 heteroatoms. The second-order valence-electron chi connectivity index (χ2n) is 6.91. The first kappa shape index (κ1) is 22.0. The third kappa shape index (κ3) is 4.70. The van der Waals surface area contributed by atoms with Crippen LogP contribution in [0.2, 0.25) is 0 Å². The van der Waals surface area contributed by atoms with E-state index in [4.69, 9.17) is 9.47 Å². The molecule has 0 unspecified atom stereocenters. The predicted octanol–water partition coefficient (Wildman–Crippen LogP) is 3.68. The van der Waals surface area contributed by atoms with Crippen LogP contribution in [0.5, 0.6) is 11.5 Å². The molecular formula is C23H20N4O5S. The fourth-order valence-electron chi connectivity index (χ4n) is 3.22. The van der Waals surface area contributed by atoms with Gasteiger partial charge in [0.05, 0.1) is 30.1 Å². The number of nitrogens with zero attached hydrogens (tertiary/aromatic N) is 2. The molecule has 0 aliphatic heterocycles. The number of hydrogen-bond donors (Lipinski definition) is 2. The summed E-state index contributed by atoms with van der Waals surface area (Å²) >= 11 is 0. The van der Waals surface area contributed by atoms with E-state index in [0.717, 1.165) is 0 Å². The molecule has 0 atom stereocenters. The van der Waals surface area contributed by atoms with Gasteiger partial charge in [0.1, 0.15) is 17.2 Å². The summed E-state index contributed by atoms with van der Waals surface area (Å²) in [6.45, 7) is 0. The molecule has 4 rings (SSSR count). The Hall–Kier alpha value is -4.18. The number of carbonyl (C=O) groups excluding carboxylic acids is 1. The van der Waals surface area contributed by atoms with Gasteiger partial charge in [-0.05, 0) is 42.5 Å². The number of ether oxygens (including phenoxy) is 2. The van der Waals surface area contributed by atoms with E-state index in [1.807, 2.05) is 6.07 Å². The smallest absolute Gasteiger partial charge is 0.263 e. The summed E-state index contributed by atoms with van der Waals surface area (Å²) in [7, 11) is -1.01. The van der Waals surface area contributed by atoms with Crippen molar-refractivity contribution in [1.82, 2.24) is 9.97 Å². The van der Waals surface area contributed by atoms with E-state index < -0.39 is 10.0 Å². The van der Waals surface area contributed by atoms with E-state index in [2.05, 4.69) is 20.0 Å². The zero-order chi connectivity index (χ0) is 23.4. The van der Waals surface area contributed by atoms with Crippen molar-refractivity contribution in [3.05, 3.63) is 66.7 Å². The SMILES string of the molecule is COc1cc(OC)cc(-c2nc3ccccc3nc2NS(=O)(=O)c2cccc(NC=O)c2)c1. The molecule has 168 valence electrons. The standard InChI is InChI=1S/C23H20N4O5S/c1-31-17-10-15(11-18(13-17)32-2)22-23(26-21-9-4-3-8-20(21)25-22)27-33(29,30)19-7-5-6-16(12-19)24-14-28/h3-14H,1-2H3,(H,24,28)(H,26,27). The Balaban J connectivity index is 1.87. The number of nitrogens with one attached hydrogen (secondary N) is 2. The highest BCUT2D eigenvalue weighted by atomic mass is 32.2. The molecular weight excluding hydrogens is 444 g/mol. The lowest BCUT2D eigenvalue weighted by molar-refractivity contribution is -0.105. The van der Waals surface area contributed by atoms with Gasteiger partial charge >= 0.3 is 0 Å². The second kappa shape index (κ2) is 9.13. The van der Waals surface area contributed by atoms with Crippen LogP contribution in [0, 0.1) is 0 Å². The normalized spacial score (nSPS) is 11.1. The molecule has 0 spiro atoms. The number of anilines is 2. The van der Waals surface area contributed by atoms with Crippen molar-refractivity contribution < 1.29 is 22.7 Å². The first-order valence-electron chi connectivity index (χ1n) is 9.77. The van der Waals surface area contributed by atoms with E-state index in [1.54, 1.807) is 42.5 Å². The molecule has 2 N–H and O–H groups in total. The minimum Gasteiger partial charge on any atom is -0.497 e. The number of benzene rings is 3. The van der Waals surface area contributed by atoms with Crippen molar-refractivity contribution in [2.24, 2.45) is 0 Å². The Bertz CT molecular complexity index is 1420. The van der Waals surface area contributed by atoms with Crippen LogP contribution >= 0.6 is 0 Å². The number of methoxy groups -OCH3 is 2. The number of para-hydroxylation sites is 2. The molecule has 0 radical (unpaired) electrons. The highest BCUT2D eigenvalue weighted by Crippen LogP contribution is 2.34. The number of aromatic nitrogens is 2. The molecule has 1 aromatic heterocycles. The van der Waals surface area contributed by atoms with E-state index >= 15 is 0 Å². The number of sulfonamides is 1. The van der Waals surface area contributed by atoms with Crippen LogP contribution in [0.25, 0.3) is 22.3 Å². The number of fused-ring (bicyclic) bond motifs is 1. The quantitative estimate of drug-likeness (QED) is 0.382. The van der Waals surface area contributed by atoms with Crippen molar-refractivity contribution in [3.63, 3.8) is 0 Å². The fourth-order valence-corrected chi connectivity index (χ4v) is 4.28. The van der Waals surface area contributed by atoms with Crippen molar-refractivity contribution in [2.75, 3.05) is 24.3 Å². The first-order chi connectivity index (χ1) is 15.9. The lowest BCUT2D eigenvalue weighted by Crippen LogP contribution is -2.15. The minimum absolute atomic E-state index is 0.0396. The molecule has 0 saturated carbocycles. The van der Waals surface area contributed by atoms with Crippen LogP contribution in [0.1, 0.15) is 0 Å². The molecule has 0 saturated heterocycles. The van der Waals surface area contributed by atoms with Crippen molar-refractivity contribution >= 4 is 39.0 Å². The van der Waals surface area contributed by atoms with Crippen LogP contribution in [-0.4, -0.2) is 39.0 Å². The highest BCUT2D eigenvalue weighted by Gasteiger charge is 2.21. The Kier molecular flexibility index (Phi) is 6.09. The van der Waals surface area contributed by atoms with E-state index in [9.17, 15) is 13.2 Å². The lowest BCUT2D eigenvalue weighted by atomic mass is 10.1. The average molecular weight is 465 g/mol. The molecule has 33 heavy (non-hydrogen) atoms. The van der Waals surface area contributed by atoms with Gasteiger partial charge in [0.15, 0.2) is 5.82 Å². The third-order valence-corrected chi connectivity index (χ3v) is 6.13. The van der Waals surface area contributed by atoms with Gasteiger partial charge in [-0.3, -0.25) is 9.52 Å². The summed E-state index contributed by atoms with van der Waals surface area (Å²) in [5.74, 6) is 1.07. The summed E-state index contributed by atoms with van der Waals surface area (Å²) in [6.07, 6.45) is 0.474. The second-order valence-corrected chi connectivity index (χ2v) is 8.59. The predicted molar refractivity (Wildman–Crippen MR) is 125 cm³/mol. The summed E-state index contributed by atoms with van der Waals surface area (Å²) in [6, 6.07) is 18.1. The van der Waals surface area contributed by atoms with Gasteiger partial charge in [-0.2, -0.15) is 0 Å². The van der Waals surface area contributed by atoms with Gasteiger partial charge in [-0.25, -0.2) is 18.4 Å². The van der Waals surface area contributed by atoms with Crippen LogP contribution in [0.4, 0.5) is 11.5 Å². The zero-order valence-electron chi connectivity index (χ0n) is 17.8. The number of amides is 1. The third-order valence-electron chi connectivity index (χ3n) is 4.80. The van der Waals surface area contributed by atoms with Crippen molar-refractivity contribution in [1.29, 1.82) is 0 Å². The number of carbonyl (C=O) groups is 1. The minimum atomic E-state index is -4.06. The summed E-state index contributed by atoms with van der Waals surface area (Å²) in [4.78, 5) is 19.9. The molecule has 9 nitrogen and oxygen atoms in total. The fraction of sp³-hybridized carbons (Fsp3) is 0.0870. The van der Waals surface area contributed by atoms with Gasteiger partial charge in [0.2, 0.25) is 6.41 Å². The summed E-state index contributed by atoms with van der Waals surface area (Å²) in [5, 5.41) is 2.44. The van der Waals surface area contributed by atoms with Gasteiger partial charge in [0.25, 0.3) is 10.0 Å². The van der Waals surface area contributed by atoms with Gasteiger partial charge in [0, 0.05) is 17.3 Å². The molecule has 3 aromatic carbocycles. The Morgan fingerprint density at radius 1 is 0.848 bits per heavy atom. The van der Waals surface area contributed by atoms with Crippen LogP contribution in [0.15, 0.2) is 71.6 Å². The molecule has 4 aromatic rings. The monoisotopic (exact) mass is 464 g/mol. The first-order valence-corrected chi connectivity index (χ1v) is 11.2. The summed E-state index contributed by atoms with van der Waals surface area (Å²) in [5.41, 5.74) is 2.31. The zero-order valence-corrected chi connectivity index (χ0v) is 18.6.